The maximum absolute atomic E-state index is 11.7. The van der Waals surface area contributed by atoms with Crippen LogP contribution in [0.15, 0.2) is 0 Å². The van der Waals surface area contributed by atoms with Crippen LogP contribution in [-0.2, 0) is 9.53 Å². The molecule has 1 saturated heterocycles. The fourth-order valence-corrected chi connectivity index (χ4v) is 3.52. The Morgan fingerprint density at radius 2 is 1.95 bits per heavy atom. The summed E-state index contributed by atoms with van der Waals surface area (Å²) in [5, 5.41) is 9.62. The van der Waals surface area contributed by atoms with Gasteiger partial charge in [-0.05, 0) is 63.2 Å². The van der Waals surface area contributed by atoms with E-state index >= 15 is 0 Å². The molecule has 0 amide bonds. The number of carboxylic acid groups (broad SMARTS) is 1. The van der Waals surface area contributed by atoms with Gasteiger partial charge in [0.1, 0.15) is 0 Å². The molecule has 19 heavy (non-hydrogen) atoms. The van der Waals surface area contributed by atoms with Crippen molar-refractivity contribution in [2.75, 3.05) is 6.61 Å². The lowest BCUT2D eigenvalue weighted by Crippen LogP contribution is -2.37. The molecule has 1 atom stereocenters. The summed E-state index contributed by atoms with van der Waals surface area (Å²) >= 11 is 0. The predicted octanol–water partition coefficient (Wildman–Crippen LogP) is 4.01. The summed E-state index contributed by atoms with van der Waals surface area (Å²) in [5.41, 5.74) is -0.123. The van der Waals surface area contributed by atoms with Crippen LogP contribution in [0.2, 0.25) is 0 Å². The Morgan fingerprint density at radius 3 is 2.47 bits per heavy atom. The minimum Gasteiger partial charge on any atom is -0.481 e. The van der Waals surface area contributed by atoms with E-state index in [1.807, 2.05) is 0 Å². The molecule has 2 fully saturated rings. The Labute approximate surface area is 116 Å². The molecule has 1 heterocycles. The van der Waals surface area contributed by atoms with Crippen LogP contribution in [-0.4, -0.2) is 23.8 Å². The lowest BCUT2D eigenvalue weighted by atomic mass is 9.63. The fraction of sp³-hybridized carbons (Fsp3) is 0.938. The minimum absolute atomic E-state index is 0.327. The quantitative estimate of drug-likeness (QED) is 0.819. The van der Waals surface area contributed by atoms with Gasteiger partial charge in [0, 0.05) is 6.61 Å². The Morgan fingerprint density at radius 1 is 1.26 bits per heavy atom. The van der Waals surface area contributed by atoms with Crippen molar-refractivity contribution in [3.8, 4) is 0 Å². The number of aliphatic carboxylic acids is 1. The molecule has 0 aromatic heterocycles. The number of hydrogen-bond acceptors (Lipinski definition) is 2. The third-order valence-corrected chi connectivity index (χ3v) is 5.22. The van der Waals surface area contributed by atoms with Crippen LogP contribution in [0.1, 0.15) is 71.6 Å². The van der Waals surface area contributed by atoms with Crippen LogP contribution < -0.4 is 0 Å². The minimum atomic E-state index is -0.574. The third kappa shape index (κ3) is 3.71. The molecule has 1 N–H and O–H groups in total. The van der Waals surface area contributed by atoms with Crippen LogP contribution >= 0.6 is 0 Å². The SMILES string of the molecule is CC1(C)CCC(CCCC2CCCO2)(C(=O)O)CC1. The lowest BCUT2D eigenvalue weighted by Gasteiger charge is -2.41. The van der Waals surface area contributed by atoms with Crippen molar-refractivity contribution in [3.63, 3.8) is 0 Å². The van der Waals surface area contributed by atoms with E-state index in [0.29, 0.717) is 11.5 Å². The van der Waals surface area contributed by atoms with E-state index in [1.165, 1.54) is 6.42 Å². The number of carboxylic acids is 1. The van der Waals surface area contributed by atoms with Crippen molar-refractivity contribution >= 4 is 5.97 Å². The first-order chi connectivity index (χ1) is 8.94. The van der Waals surface area contributed by atoms with Crippen molar-refractivity contribution in [1.29, 1.82) is 0 Å². The highest BCUT2D eigenvalue weighted by molar-refractivity contribution is 5.74. The summed E-state index contributed by atoms with van der Waals surface area (Å²) < 4.78 is 5.62. The van der Waals surface area contributed by atoms with Gasteiger partial charge in [0.05, 0.1) is 11.5 Å². The summed E-state index contributed by atoms with van der Waals surface area (Å²) in [5.74, 6) is -0.574. The van der Waals surface area contributed by atoms with Gasteiger partial charge >= 0.3 is 5.97 Å². The molecule has 1 unspecified atom stereocenters. The molecule has 0 bridgehead atoms. The summed E-state index contributed by atoms with van der Waals surface area (Å²) in [4.78, 5) is 11.7. The second-order valence-corrected chi connectivity index (χ2v) is 7.28. The van der Waals surface area contributed by atoms with Gasteiger partial charge in [0.15, 0.2) is 0 Å². The zero-order valence-electron chi connectivity index (χ0n) is 12.4. The van der Waals surface area contributed by atoms with Crippen molar-refractivity contribution in [2.45, 2.75) is 77.7 Å². The van der Waals surface area contributed by atoms with Crippen molar-refractivity contribution in [1.82, 2.24) is 0 Å². The predicted molar refractivity (Wildman–Crippen MR) is 75.1 cm³/mol. The number of ether oxygens (including phenoxy) is 1. The molecule has 2 rings (SSSR count). The first-order valence-electron chi connectivity index (χ1n) is 7.79. The Bertz CT molecular complexity index is 306. The Kier molecular flexibility index (Phi) is 4.54. The number of carbonyl (C=O) groups is 1. The topological polar surface area (TPSA) is 46.5 Å². The van der Waals surface area contributed by atoms with Gasteiger partial charge < -0.3 is 9.84 Å². The average Bonchev–Trinajstić information content (AvgIpc) is 2.84. The molecule has 3 heteroatoms. The molecule has 1 saturated carbocycles. The first kappa shape index (κ1) is 14.8. The van der Waals surface area contributed by atoms with Gasteiger partial charge in [-0.2, -0.15) is 0 Å². The zero-order chi connectivity index (χ0) is 13.9. The molecule has 110 valence electrons. The van der Waals surface area contributed by atoms with E-state index in [2.05, 4.69) is 13.8 Å². The Hall–Kier alpha value is -0.570. The standard InChI is InChI=1S/C16H28O3/c1-15(2)8-10-16(11-9-15,14(17)18)7-3-5-13-6-4-12-19-13/h13H,3-12H2,1-2H3,(H,17,18). The maximum Gasteiger partial charge on any atom is 0.309 e. The summed E-state index contributed by atoms with van der Waals surface area (Å²) in [6.45, 7) is 5.40. The van der Waals surface area contributed by atoms with Gasteiger partial charge in [0.2, 0.25) is 0 Å². The second-order valence-electron chi connectivity index (χ2n) is 7.28. The highest BCUT2D eigenvalue weighted by Gasteiger charge is 2.43. The maximum atomic E-state index is 11.7. The fourth-order valence-electron chi connectivity index (χ4n) is 3.52. The molecule has 2 aliphatic rings. The van der Waals surface area contributed by atoms with E-state index in [4.69, 9.17) is 4.74 Å². The van der Waals surface area contributed by atoms with Gasteiger partial charge in [0.25, 0.3) is 0 Å². The van der Waals surface area contributed by atoms with Crippen LogP contribution in [0.5, 0.6) is 0 Å². The van der Waals surface area contributed by atoms with E-state index < -0.39 is 11.4 Å². The summed E-state index contributed by atoms with van der Waals surface area (Å²) in [7, 11) is 0. The second kappa shape index (κ2) is 5.82. The van der Waals surface area contributed by atoms with Crippen LogP contribution in [0.25, 0.3) is 0 Å². The molecule has 0 aromatic rings. The average molecular weight is 268 g/mol. The molecule has 0 aromatic carbocycles. The number of rotatable bonds is 5. The van der Waals surface area contributed by atoms with E-state index in [0.717, 1.165) is 58.0 Å². The van der Waals surface area contributed by atoms with Crippen LogP contribution in [0, 0.1) is 10.8 Å². The lowest BCUT2D eigenvalue weighted by molar-refractivity contribution is -0.153. The molecular weight excluding hydrogens is 240 g/mol. The monoisotopic (exact) mass is 268 g/mol. The van der Waals surface area contributed by atoms with Gasteiger partial charge in [-0.1, -0.05) is 13.8 Å². The van der Waals surface area contributed by atoms with Crippen LogP contribution in [0.3, 0.4) is 0 Å². The summed E-state index contributed by atoms with van der Waals surface area (Å²) in [6.07, 6.45) is 9.37. The Balaban J connectivity index is 1.84. The van der Waals surface area contributed by atoms with Crippen LogP contribution in [0.4, 0.5) is 0 Å². The molecule has 1 aliphatic heterocycles. The molecule has 0 radical (unpaired) electrons. The van der Waals surface area contributed by atoms with E-state index in [9.17, 15) is 9.90 Å². The first-order valence-corrected chi connectivity index (χ1v) is 7.79. The zero-order valence-corrected chi connectivity index (χ0v) is 12.4. The summed E-state index contributed by atoms with van der Waals surface area (Å²) in [6, 6.07) is 0. The molecule has 3 nitrogen and oxygen atoms in total. The third-order valence-electron chi connectivity index (χ3n) is 5.22. The van der Waals surface area contributed by atoms with Gasteiger partial charge in [-0.25, -0.2) is 0 Å². The van der Waals surface area contributed by atoms with E-state index in [1.54, 1.807) is 0 Å². The number of hydrogen-bond donors (Lipinski definition) is 1. The van der Waals surface area contributed by atoms with Gasteiger partial charge in [-0.15, -0.1) is 0 Å². The van der Waals surface area contributed by atoms with Gasteiger partial charge in [-0.3, -0.25) is 4.79 Å². The molecule has 1 aliphatic carbocycles. The highest BCUT2D eigenvalue weighted by Crippen LogP contribution is 2.48. The normalized spacial score (nSPS) is 29.3. The van der Waals surface area contributed by atoms with Crippen molar-refractivity contribution in [3.05, 3.63) is 0 Å². The van der Waals surface area contributed by atoms with Crippen molar-refractivity contribution in [2.24, 2.45) is 10.8 Å². The smallest absolute Gasteiger partial charge is 0.309 e. The van der Waals surface area contributed by atoms with E-state index in [-0.39, 0.29) is 0 Å². The molecule has 0 spiro atoms. The van der Waals surface area contributed by atoms with Crippen molar-refractivity contribution < 1.29 is 14.6 Å². The molecular formula is C16H28O3. The largest absolute Gasteiger partial charge is 0.481 e. The highest BCUT2D eigenvalue weighted by atomic mass is 16.5.